The molecule has 2 aromatic rings. The molecule has 31 heavy (non-hydrogen) atoms. The van der Waals surface area contributed by atoms with E-state index in [1.807, 2.05) is 11.1 Å². The monoisotopic (exact) mass is 427 g/mol. The molecule has 0 aliphatic carbocycles. The molecule has 0 bridgehead atoms. The first-order valence-electron chi connectivity index (χ1n) is 9.73. The summed E-state index contributed by atoms with van der Waals surface area (Å²) < 4.78 is 20.1. The Bertz CT molecular complexity index is 1010. The molecule has 2 amide bonds. The summed E-state index contributed by atoms with van der Waals surface area (Å²) in [6.07, 6.45) is 4.08. The third kappa shape index (κ3) is 4.43. The molecule has 9 nitrogen and oxygen atoms in total. The maximum Gasteiger partial charge on any atom is 0.414 e. The Morgan fingerprint density at radius 3 is 2.81 bits per heavy atom. The molecule has 0 spiro atoms. The maximum absolute atomic E-state index is 14.8. The Morgan fingerprint density at radius 2 is 2.16 bits per heavy atom. The molecule has 0 radical (unpaired) electrons. The topological polar surface area (TPSA) is 98.2 Å². The van der Waals surface area contributed by atoms with Crippen LogP contribution in [0, 0.1) is 5.82 Å². The van der Waals surface area contributed by atoms with E-state index in [2.05, 4.69) is 10.3 Å². The highest BCUT2D eigenvalue weighted by atomic mass is 19.1. The molecule has 1 aromatic carbocycles. The summed E-state index contributed by atoms with van der Waals surface area (Å²) in [7, 11) is 0. The van der Waals surface area contributed by atoms with Crippen molar-refractivity contribution in [1.82, 2.24) is 15.2 Å². The van der Waals surface area contributed by atoms with Crippen molar-refractivity contribution in [3.05, 3.63) is 54.7 Å². The molecule has 4 rings (SSSR count). The van der Waals surface area contributed by atoms with Crippen LogP contribution in [0.1, 0.15) is 6.92 Å². The zero-order valence-corrected chi connectivity index (χ0v) is 16.9. The molecule has 1 fully saturated rings. The molecule has 2 aliphatic heterocycles. The number of aromatic nitrogens is 1. The molecular formula is C21H22FN5O4. The number of aliphatic hydroxyl groups excluding tert-OH is 1. The standard InChI is InChI=1S/C21H22FN5O4/c1-14(29)23-10-17-11-27(21(30)31-17)16-3-4-18(19(22)8-16)15-2-5-20(24-9-15)26-7-6-25(12-26)13-28/h2-9,17,28H,10-13H2,1H3,(H,23,29)/t17-/m0/s1. The molecule has 162 valence electrons. The Labute approximate surface area is 178 Å². The Balaban J connectivity index is 1.46. The van der Waals surface area contributed by atoms with Gasteiger partial charge in [0.1, 0.15) is 24.5 Å². The van der Waals surface area contributed by atoms with Crippen LogP contribution >= 0.6 is 0 Å². The highest BCUT2D eigenvalue weighted by Gasteiger charge is 2.32. The van der Waals surface area contributed by atoms with Crippen molar-refractivity contribution >= 4 is 23.5 Å². The van der Waals surface area contributed by atoms with Crippen molar-refractivity contribution in [2.45, 2.75) is 13.0 Å². The van der Waals surface area contributed by atoms with Gasteiger partial charge in [-0.2, -0.15) is 0 Å². The first-order valence-corrected chi connectivity index (χ1v) is 9.73. The first-order chi connectivity index (χ1) is 14.9. The summed E-state index contributed by atoms with van der Waals surface area (Å²) in [5.74, 6) is -0.0216. The number of halogens is 1. The number of cyclic esters (lactones) is 1. The molecule has 2 aliphatic rings. The summed E-state index contributed by atoms with van der Waals surface area (Å²) >= 11 is 0. The number of nitrogens with zero attached hydrogens (tertiary/aromatic N) is 4. The van der Waals surface area contributed by atoms with Gasteiger partial charge in [0, 0.05) is 36.6 Å². The summed E-state index contributed by atoms with van der Waals surface area (Å²) in [5, 5.41) is 11.8. The van der Waals surface area contributed by atoms with Crippen molar-refractivity contribution in [3.63, 3.8) is 0 Å². The normalized spacial score (nSPS) is 18.0. The number of anilines is 2. The summed E-state index contributed by atoms with van der Waals surface area (Å²) in [6.45, 7) is 2.22. The van der Waals surface area contributed by atoms with Gasteiger partial charge in [0.15, 0.2) is 0 Å². The van der Waals surface area contributed by atoms with Gasteiger partial charge >= 0.3 is 6.09 Å². The first kappa shape index (κ1) is 20.6. The number of carbonyl (C=O) groups excluding carboxylic acids is 2. The number of hydrogen-bond acceptors (Lipinski definition) is 7. The van der Waals surface area contributed by atoms with Gasteiger partial charge in [-0.25, -0.2) is 14.2 Å². The van der Waals surface area contributed by atoms with Crippen LogP contribution < -0.4 is 15.1 Å². The number of carbonyl (C=O) groups is 2. The van der Waals surface area contributed by atoms with Crippen LogP contribution in [0.2, 0.25) is 0 Å². The van der Waals surface area contributed by atoms with E-state index in [-0.39, 0.29) is 25.7 Å². The minimum absolute atomic E-state index is 0.0822. The smallest absolute Gasteiger partial charge is 0.414 e. The van der Waals surface area contributed by atoms with Crippen LogP contribution in [-0.4, -0.2) is 59.6 Å². The van der Waals surface area contributed by atoms with Crippen LogP contribution in [0.3, 0.4) is 0 Å². The van der Waals surface area contributed by atoms with Gasteiger partial charge in [-0.15, -0.1) is 0 Å². The minimum Gasteiger partial charge on any atom is -0.442 e. The van der Waals surface area contributed by atoms with Gasteiger partial charge < -0.3 is 25.0 Å². The molecular weight excluding hydrogens is 405 g/mol. The van der Waals surface area contributed by atoms with Crippen molar-refractivity contribution < 1.29 is 23.8 Å². The maximum atomic E-state index is 14.8. The Morgan fingerprint density at radius 1 is 1.32 bits per heavy atom. The SMILES string of the molecule is CC(=O)NC[C@H]1CN(c2ccc(-c3ccc(N4C=CN(CO)C4)nc3)c(F)c2)C(=O)O1. The van der Waals surface area contributed by atoms with Crippen LogP contribution in [0.15, 0.2) is 48.9 Å². The van der Waals surface area contributed by atoms with Crippen molar-refractivity contribution in [2.75, 3.05) is 36.3 Å². The summed E-state index contributed by atoms with van der Waals surface area (Å²) in [5.41, 5.74) is 1.34. The lowest BCUT2D eigenvalue weighted by molar-refractivity contribution is -0.119. The van der Waals surface area contributed by atoms with Gasteiger partial charge in [0.2, 0.25) is 5.91 Å². The average Bonchev–Trinajstić information content (AvgIpc) is 3.39. The lowest BCUT2D eigenvalue weighted by Crippen LogP contribution is -2.33. The molecule has 0 saturated carbocycles. The van der Waals surface area contributed by atoms with E-state index in [9.17, 15) is 19.1 Å². The molecule has 1 aromatic heterocycles. The number of nitrogens with one attached hydrogen (secondary N) is 1. The van der Waals surface area contributed by atoms with E-state index >= 15 is 0 Å². The minimum atomic E-state index is -0.580. The molecule has 0 unspecified atom stereocenters. The average molecular weight is 427 g/mol. The highest BCUT2D eigenvalue weighted by molar-refractivity contribution is 5.90. The fourth-order valence-electron chi connectivity index (χ4n) is 3.42. The van der Waals surface area contributed by atoms with Gasteiger partial charge in [-0.1, -0.05) is 0 Å². The number of pyridine rings is 1. The largest absolute Gasteiger partial charge is 0.442 e. The predicted molar refractivity (Wildman–Crippen MR) is 111 cm³/mol. The second-order valence-electron chi connectivity index (χ2n) is 7.26. The predicted octanol–water partition coefficient (Wildman–Crippen LogP) is 1.85. The van der Waals surface area contributed by atoms with E-state index in [1.54, 1.807) is 41.6 Å². The van der Waals surface area contributed by atoms with E-state index in [0.29, 0.717) is 29.3 Å². The van der Waals surface area contributed by atoms with Gasteiger partial charge in [-0.3, -0.25) is 9.69 Å². The fourth-order valence-corrected chi connectivity index (χ4v) is 3.42. The van der Waals surface area contributed by atoms with Crippen molar-refractivity contribution in [3.8, 4) is 11.1 Å². The number of hydrogen-bond donors (Lipinski definition) is 2. The molecule has 1 saturated heterocycles. The molecule has 10 heteroatoms. The zero-order chi connectivity index (χ0) is 22.0. The number of aliphatic hydroxyl groups is 1. The fraction of sp³-hybridized carbons (Fsp3) is 0.286. The van der Waals surface area contributed by atoms with Crippen molar-refractivity contribution in [2.24, 2.45) is 0 Å². The Kier molecular flexibility index (Phi) is 5.72. The summed E-state index contributed by atoms with van der Waals surface area (Å²) in [6, 6.07) is 8.07. The van der Waals surface area contributed by atoms with Gasteiger partial charge in [0.25, 0.3) is 0 Å². The second-order valence-corrected chi connectivity index (χ2v) is 7.26. The summed E-state index contributed by atoms with van der Waals surface area (Å²) in [4.78, 5) is 32.5. The number of benzene rings is 1. The molecule has 2 N–H and O–H groups in total. The van der Waals surface area contributed by atoms with Gasteiger partial charge in [0.05, 0.1) is 25.4 Å². The molecule has 1 atom stereocenters. The van der Waals surface area contributed by atoms with E-state index in [1.165, 1.54) is 17.9 Å². The van der Waals surface area contributed by atoms with E-state index in [0.717, 1.165) is 0 Å². The van der Waals surface area contributed by atoms with Crippen LogP contribution in [0.25, 0.3) is 11.1 Å². The van der Waals surface area contributed by atoms with Crippen LogP contribution in [-0.2, 0) is 9.53 Å². The number of rotatable bonds is 6. The molecule has 3 heterocycles. The van der Waals surface area contributed by atoms with E-state index < -0.39 is 18.0 Å². The van der Waals surface area contributed by atoms with Crippen molar-refractivity contribution in [1.29, 1.82) is 0 Å². The number of ether oxygens (including phenoxy) is 1. The third-order valence-electron chi connectivity index (χ3n) is 5.04. The van der Waals surface area contributed by atoms with Crippen LogP contribution in [0.4, 0.5) is 20.7 Å². The second kappa shape index (κ2) is 8.60. The quantitative estimate of drug-likeness (QED) is 0.726. The lowest BCUT2D eigenvalue weighted by atomic mass is 10.1. The highest BCUT2D eigenvalue weighted by Crippen LogP contribution is 2.29. The lowest BCUT2D eigenvalue weighted by Gasteiger charge is -2.19. The van der Waals surface area contributed by atoms with Gasteiger partial charge in [-0.05, 0) is 30.3 Å². The van der Waals surface area contributed by atoms with E-state index in [4.69, 9.17) is 4.74 Å². The number of amides is 2. The zero-order valence-electron chi connectivity index (χ0n) is 16.9. The van der Waals surface area contributed by atoms with Crippen LogP contribution in [0.5, 0.6) is 0 Å². The Hall–Kier alpha value is -3.66. The third-order valence-corrected chi connectivity index (χ3v) is 5.04.